The van der Waals surface area contributed by atoms with Crippen molar-refractivity contribution < 1.29 is 4.79 Å². The molecular formula is C12H18ClN3OS. The van der Waals surface area contributed by atoms with E-state index in [1.54, 1.807) is 0 Å². The van der Waals surface area contributed by atoms with Gasteiger partial charge in [0, 0.05) is 23.3 Å². The van der Waals surface area contributed by atoms with Crippen molar-refractivity contribution in [3.05, 3.63) is 11.1 Å². The molecule has 1 aromatic rings. The molecule has 0 bridgehead atoms. The van der Waals surface area contributed by atoms with Gasteiger partial charge in [-0.15, -0.1) is 23.7 Å². The van der Waals surface area contributed by atoms with Crippen LogP contribution in [0.25, 0.3) is 0 Å². The molecule has 0 saturated heterocycles. The number of carbonyl (C=O) groups excluding carboxylic acids is 1. The molecule has 2 unspecified atom stereocenters. The third-order valence-electron chi connectivity index (χ3n) is 3.59. The average molecular weight is 288 g/mol. The van der Waals surface area contributed by atoms with Crippen LogP contribution >= 0.6 is 23.7 Å². The van der Waals surface area contributed by atoms with Crippen LogP contribution in [0.15, 0.2) is 5.38 Å². The number of nitrogens with two attached hydrogens (primary N) is 1. The number of amides is 1. The number of halogens is 1. The highest BCUT2D eigenvalue weighted by Crippen LogP contribution is 2.41. The highest BCUT2D eigenvalue weighted by Gasteiger charge is 2.29. The van der Waals surface area contributed by atoms with E-state index in [2.05, 4.69) is 15.7 Å². The maximum atomic E-state index is 12.0. The zero-order chi connectivity index (χ0) is 11.8. The molecule has 18 heavy (non-hydrogen) atoms. The van der Waals surface area contributed by atoms with E-state index in [-0.39, 0.29) is 30.3 Å². The van der Waals surface area contributed by atoms with Gasteiger partial charge in [0.2, 0.25) is 5.91 Å². The summed E-state index contributed by atoms with van der Waals surface area (Å²) >= 11 is 1.53. The van der Waals surface area contributed by atoms with Crippen LogP contribution in [0.4, 0.5) is 5.13 Å². The lowest BCUT2D eigenvalue weighted by Gasteiger charge is -2.08. The number of carbonyl (C=O) groups is 1. The lowest BCUT2D eigenvalue weighted by Crippen LogP contribution is -2.23. The summed E-state index contributed by atoms with van der Waals surface area (Å²) in [6, 6.07) is 0.198. The second-order valence-corrected chi connectivity index (χ2v) is 5.97. The first kappa shape index (κ1) is 13.8. The first-order valence-electron chi connectivity index (χ1n) is 6.24. The van der Waals surface area contributed by atoms with Gasteiger partial charge in [0.25, 0.3) is 0 Å². The first-order chi connectivity index (χ1) is 8.22. The minimum absolute atomic E-state index is 0. The molecule has 2 aliphatic rings. The Labute approximate surface area is 117 Å². The summed E-state index contributed by atoms with van der Waals surface area (Å²) in [6.07, 6.45) is 5.17. The van der Waals surface area contributed by atoms with Crippen molar-refractivity contribution in [1.82, 2.24) is 4.98 Å². The van der Waals surface area contributed by atoms with Crippen LogP contribution in [0.2, 0.25) is 0 Å². The topological polar surface area (TPSA) is 68.0 Å². The number of nitrogens with one attached hydrogen (secondary N) is 1. The van der Waals surface area contributed by atoms with Crippen LogP contribution in [-0.2, 0) is 4.79 Å². The predicted octanol–water partition coefficient (Wildman–Crippen LogP) is 2.51. The van der Waals surface area contributed by atoms with Gasteiger partial charge in [0.15, 0.2) is 5.13 Å². The quantitative estimate of drug-likeness (QED) is 0.897. The molecule has 1 aromatic heterocycles. The maximum absolute atomic E-state index is 12.0. The first-order valence-corrected chi connectivity index (χ1v) is 7.12. The largest absolute Gasteiger partial charge is 0.328 e. The van der Waals surface area contributed by atoms with Crippen molar-refractivity contribution in [2.24, 2.45) is 11.7 Å². The Morgan fingerprint density at radius 2 is 2.17 bits per heavy atom. The van der Waals surface area contributed by atoms with Gasteiger partial charge in [-0.2, -0.15) is 0 Å². The maximum Gasteiger partial charge on any atom is 0.229 e. The van der Waals surface area contributed by atoms with E-state index in [0.29, 0.717) is 5.92 Å². The molecule has 3 N–H and O–H groups in total. The fourth-order valence-electron chi connectivity index (χ4n) is 2.37. The molecule has 0 radical (unpaired) electrons. The predicted molar refractivity (Wildman–Crippen MR) is 75.3 cm³/mol. The average Bonchev–Trinajstić information content (AvgIpc) is 2.90. The molecule has 2 fully saturated rings. The molecule has 100 valence electrons. The summed E-state index contributed by atoms with van der Waals surface area (Å²) in [4.78, 5) is 16.4. The lowest BCUT2D eigenvalue weighted by molar-refractivity contribution is -0.119. The zero-order valence-corrected chi connectivity index (χ0v) is 11.7. The molecule has 1 amide bonds. The summed E-state index contributed by atoms with van der Waals surface area (Å²) in [7, 11) is 0. The third kappa shape index (κ3) is 3.02. The fraction of sp³-hybridized carbons (Fsp3) is 0.667. The number of rotatable bonds is 3. The van der Waals surface area contributed by atoms with E-state index < -0.39 is 0 Å². The summed E-state index contributed by atoms with van der Waals surface area (Å²) in [5, 5.41) is 5.73. The van der Waals surface area contributed by atoms with E-state index >= 15 is 0 Å². The molecule has 0 spiro atoms. The van der Waals surface area contributed by atoms with Gasteiger partial charge in [-0.25, -0.2) is 4.98 Å². The van der Waals surface area contributed by atoms with Crippen LogP contribution in [0.3, 0.4) is 0 Å². The van der Waals surface area contributed by atoms with Crippen molar-refractivity contribution >= 4 is 34.8 Å². The second kappa shape index (κ2) is 5.55. The van der Waals surface area contributed by atoms with Gasteiger partial charge in [-0.05, 0) is 32.1 Å². The molecule has 2 atom stereocenters. The number of hydrogen-bond donors (Lipinski definition) is 2. The third-order valence-corrected chi connectivity index (χ3v) is 4.37. The van der Waals surface area contributed by atoms with Gasteiger partial charge in [-0.3, -0.25) is 4.79 Å². The number of aromatic nitrogens is 1. The Kier molecular flexibility index (Phi) is 4.25. The second-order valence-electron chi connectivity index (χ2n) is 5.11. The highest BCUT2D eigenvalue weighted by atomic mass is 35.5. The van der Waals surface area contributed by atoms with Crippen LogP contribution in [0, 0.1) is 5.92 Å². The molecule has 4 nitrogen and oxygen atoms in total. The van der Waals surface area contributed by atoms with Gasteiger partial charge in [-0.1, -0.05) is 0 Å². The van der Waals surface area contributed by atoms with Crippen LogP contribution in [-0.4, -0.2) is 16.9 Å². The number of hydrogen-bond acceptors (Lipinski definition) is 4. The molecular weight excluding hydrogens is 270 g/mol. The molecule has 0 aromatic carbocycles. The molecule has 2 aliphatic carbocycles. The smallest absolute Gasteiger partial charge is 0.229 e. The SMILES string of the molecule is Cl.NC1CCC(C(=O)Nc2nc(C3CC3)cs2)C1. The van der Waals surface area contributed by atoms with Gasteiger partial charge in [0.05, 0.1) is 5.69 Å². The number of anilines is 1. The van der Waals surface area contributed by atoms with Crippen molar-refractivity contribution in [1.29, 1.82) is 0 Å². The Hall–Kier alpha value is -0.650. The Balaban J connectivity index is 0.00000120. The standard InChI is InChI=1S/C12H17N3OS.ClH/c13-9-4-3-8(5-9)11(16)15-12-14-10(6-17-12)7-1-2-7;/h6-9H,1-5,13H2,(H,14,15,16);1H. The molecule has 1 heterocycles. The molecule has 6 heteroatoms. The number of nitrogens with zero attached hydrogens (tertiary/aromatic N) is 1. The number of thiazole rings is 1. The molecule has 0 aliphatic heterocycles. The van der Waals surface area contributed by atoms with Crippen molar-refractivity contribution in [2.45, 2.75) is 44.1 Å². The molecule has 2 saturated carbocycles. The van der Waals surface area contributed by atoms with Crippen molar-refractivity contribution in [2.75, 3.05) is 5.32 Å². The summed E-state index contributed by atoms with van der Waals surface area (Å²) in [5.74, 6) is 0.824. The van der Waals surface area contributed by atoms with Crippen molar-refractivity contribution in [3.63, 3.8) is 0 Å². The molecule has 3 rings (SSSR count). The monoisotopic (exact) mass is 287 g/mol. The Bertz CT molecular complexity index is 433. The van der Waals surface area contributed by atoms with Gasteiger partial charge >= 0.3 is 0 Å². The van der Waals surface area contributed by atoms with E-state index in [4.69, 9.17) is 5.73 Å². The van der Waals surface area contributed by atoms with Crippen molar-refractivity contribution in [3.8, 4) is 0 Å². The summed E-state index contributed by atoms with van der Waals surface area (Å²) in [6.45, 7) is 0. The van der Waals surface area contributed by atoms with Crippen LogP contribution < -0.4 is 11.1 Å². The zero-order valence-electron chi connectivity index (χ0n) is 10.1. The highest BCUT2D eigenvalue weighted by molar-refractivity contribution is 7.13. The van der Waals surface area contributed by atoms with Gasteiger partial charge < -0.3 is 11.1 Å². The van der Waals surface area contributed by atoms with Crippen LogP contribution in [0.1, 0.15) is 43.7 Å². The fourth-order valence-corrected chi connectivity index (χ4v) is 3.17. The Morgan fingerprint density at radius 1 is 1.39 bits per heavy atom. The minimum Gasteiger partial charge on any atom is -0.328 e. The summed E-state index contributed by atoms with van der Waals surface area (Å²) in [5.41, 5.74) is 6.96. The lowest BCUT2D eigenvalue weighted by atomic mass is 10.1. The summed E-state index contributed by atoms with van der Waals surface area (Å²) < 4.78 is 0. The minimum atomic E-state index is 0. The van der Waals surface area contributed by atoms with E-state index in [1.165, 1.54) is 24.2 Å². The van der Waals surface area contributed by atoms with Gasteiger partial charge in [0.1, 0.15) is 0 Å². The van der Waals surface area contributed by atoms with Crippen LogP contribution in [0.5, 0.6) is 0 Å². The van der Waals surface area contributed by atoms with E-state index in [1.807, 2.05) is 0 Å². The normalized spacial score (nSPS) is 26.7. The van der Waals surface area contributed by atoms with E-state index in [9.17, 15) is 4.79 Å². The Morgan fingerprint density at radius 3 is 2.78 bits per heavy atom. The van der Waals surface area contributed by atoms with E-state index in [0.717, 1.165) is 30.1 Å².